The Labute approximate surface area is 139 Å². The van der Waals surface area contributed by atoms with Gasteiger partial charge in [0, 0.05) is 17.7 Å². The maximum absolute atomic E-state index is 12.0. The lowest BCUT2D eigenvalue weighted by Crippen LogP contribution is -2.44. The zero-order valence-corrected chi connectivity index (χ0v) is 13.8. The molecule has 0 bridgehead atoms. The third kappa shape index (κ3) is 4.25. The Hall–Kier alpha value is -3.03. The van der Waals surface area contributed by atoms with E-state index in [1.807, 2.05) is 24.3 Å². The minimum atomic E-state index is -0.700. The summed E-state index contributed by atoms with van der Waals surface area (Å²) in [5.74, 6) is 0.443. The Morgan fingerprint density at radius 3 is 2.58 bits per heavy atom. The van der Waals surface area contributed by atoms with Crippen LogP contribution in [0.5, 0.6) is 5.75 Å². The lowest BCUT2D eigenvalue weighted by molar-refractivity contribution is -0.122. The van der Waals surface area contributed by atoms with Crippen LogP contribution in [0.4, 0.5) is 4.79 Å². The van der Waals surface area contributed by atoms with Crippen LogP contribution in [0.1, 0.15) is 12.5 Å². The van der Waals surface area contributed by atoms with Crippen molar-refractivity contribution in [2.75, 3.05) is 14.2 Å². The first-order chi connectivity index (χ1) is 11.5. The molecule has 3 N–H and O–H groups in total. The molecule has 0 saturated heterocycles. The lowest BCUT2D eigenvalue weighted by Gasteiger charge is -2.13. The molecule has 24 heavy (non-hydrogen) atoms. The van der Waals surface area contributed by atoms with E-state index in [9.17, 15) is 9.59 Å². The molecule has 0 fully saturated rings. The highest BCUT2D eigenvalue weighted by atomic mass is 16.5. The van der Waals surface area contributed by atoms with Gasteiger partial charge in [-0.1, -0.05) is 0 Å². The molecule has 0 spiro atoms. The Bertz CT molecular complexity index is 696. The first-order valence-corrected chi connectivity index (χ1v) is 7.34. The SMILES string of the molecule is COC(=O)N[C@@H](C)C(=O)NCc1cn[nH]c1-c1ccc(OC)cc1. The maximum atomic E-state index is 12.0. The molecule has 8 nitrogen and oxygen atoms in total. The van der Waals surface area contributed by atoms with Crippen LogP contribution in [0.25, 0.3) is 11.3 Å². The molecule has 128 valence electrons. The molecule has 0 radical (unpaired) electrons. The van der Waals surface area contributed by atoms with Gasteiger partial charge in [0.05, 0.1) is 26.1 Å². The number of benzene rings is 1. The summed E-state index contributed by atoms with van der Waals surface area (Å²) in [6.07, 6.45) is 0.998. The number of H-pyrrole nitrogens is 1. The molecule has 1 heterocycles. The maximum Gasteiger partial charge on any atom is 0.407 e. The van der Waals surface area contributed by atoms with E-state index >= 15 is 0 Å². The van der Waals surface area contributed by atoms with Crippen molar-refractivity contribution in [1.29, 1.82) is 0 Å². The van der Waals surface area contributed by atoms with Crippen molar-refractivity contribution in [3.8, 4) is 17.0 Å². The zero-order chi connectivity index (χ0) is 17.5. The van der Waals surface area contributed by atoms with Gasteiger partial charge in [0.2, 0.25) is 5.91 Å². The number of amides is 2. The van der Waals surface area contributed by atoms with Gasteiger partial charge in [-0.25, -0.2) is 4.79 Å². The lowest BCUT2D eigenvalue weighted by atomic mass is 10.1. The number of hydrogen-bond donors (Lipinski definition) is 3. The van der Waals surface area contributed by atoms with E-state index < -0.39 is 12.1 Å². The minimum Gasteiger partial charge on any atom is -0.497 e. The second kappa shape index (κ2) is 8.00. The fourth-order valence-electron chi connectivity index (χ4n) is 2.09. The van der Waals surface area contributed by atoms with E-state index in [0.717, 1.165) is 22.6 Å². The van der Waals surface area contributed by atoms with Crippen LogP contribution >= 0.6 is 0 Å². The molecule has 1 atom stereocenters. The Kier molecular flexibility index (Phi) is 5.78. The largest absolute Gasteiger partial charge is 0.497 e. The second-order valence-corrected chi connectivity index (χ2v) is 5.07. The van der Waals surface area contributed by atoms with E-state index in [4.69, 9.17) is 4.74 Å². The molecule has 2 amide bonds. The van der Waals surface area contributed by atoms with E-state index in [0.29, 0.717) is 0 Å². The first kappa shape index (κ1) is 17.3. The molecule has 1 aromatic heterocycles. The van der Waals surface area contributed by atoms with Crippen LogP contribution < -0.4 is 15.4 Å². The summed E-state index contributed by atoms with van der Waals surface area (Å²) in [6, 6.07) is 6.80. The molecule has 8 heteroatoms. The van der Waals surface area contributed by atoms with Crippen LogP contribution in [0.3, 0.4) is 0 Å². The van der Waals surface area contributed by atoms with Crippen molar-refractivity contribution >= 4 is 12.0 Å². The van der Waals surface area contributed by atoms with E-state index in [1.54, 1.807) is 20.2 Å². The summed E-state index contributed by atoms with van der Waals surface area (Å²) in [5.41, 5.74) is 2.57. The van der Waals surface area contributed by atoms with Gasteiger partial charge < -0.3 is 20.1 Å². The van der Waals surface area contributed by atoms with Gasteiger partial charge in [0.15, 0.2) is 0 Å². The number of alkyl carbamates (subject to hydrolysis) is 1. The van der Waals surface area contributed by atoms with Crippen molar-refractivity contribution in [3.63, 3.8) is 0 Å². The van der Waals surface area contributed by atoms with Crippen LogP contribution in [0.15, 0.2) is 30.5 Å². The fourth-order valence-corrected chi connectivity index (χ4v) is 2.09. The summed E-state index contributed by atoms with van der Waals surface area (Å²) in [7, 11) is 2.85. The predicted octanol–water partition coefficient (Wildman–Crippen LogP) is 1.45. The molecule has 0 saturated carbocycles. The number of aromatic amines is 1. The Morgan fingerprint density at radius 2 is 1.96 bits per heavy atom. The smallest absolute Gasteiger partial charge is 0.407 e. The highest BCUT2D eigenvalue weighted by Crippen LogP contribution is 2.23. The summed E-state index contributed by atoms with van der Waals surface area (Å²) >= 11 is 0. The molecule has 0 aliphatic carbocycles. The number of hydrogen-bond acceptors (Lipinski definition) is 5. The minimum absolute atomic E-state index is 0.282. The number of nitrogens with one attached hydrogen (secondary N) is 3. The van der Waals surface area contributed by atoms with Crippen molar-refractivity contribution in [3.05, 3.63) is 36.0 Å². The molecule has 1 aromatic carbocycles. The van der Waals surface area contributed by atoms with Crippen LogP contribution in [0, 0.1) is 0 Å². The molecule has 0 aliphatic rings. The topological polar surface area (TPSA) is 105 Å². The van der Waals surface area contributed by atoms with Crippen molar-refractivity contribution in [2.45, 2.75) is 19.5 Å². The summed E-state index contributed by atoms with van der Waals surface area (Å²) in [6.45, 7) is 1.86. The number of nitrogens with zero attached hydrogens (tertiary/aromatic N) is 1. The molecule has 0 aliphatic heterocycles. The Morgan fingerprint density at radius 1 is 1.25 bits per heavy atom. The van der Waals surface area contributed by atoms with Crippen LogP contribution in [-0.4, -0.2) is 42.5 Å². The highest BCUT2D eigenvalue weighted by molar-refractivity contribution is 5.85. The van der Waals surface area contributed by atoms with Crippen LogP contribution in [-0.2, 0) is 16.1 Å². The third-order valence-electron chi connectivity index (χ3n) is 3.46. The molecule has 2 rings (SSSR count). The quantitative estimate of drug-likeness (QED) is 0.742. The molecular formula is C16H20N4O4. The summed E-state index contributed by atoms with van der Waals surface area (Å²) < 4.78 is 9.60. The van der Waals surface area contributed by atoms with Gasteiger partial charge >= 0.3 is 6.09 Å². The van der Waals surface area contributed by atoms with E-state index in [2.05, 4.69) is 25.6 Å². The predicted molar refractivity (Wildman–Crippen MR) is 87.4 cm³/mol. The number of carbonyl (C=O) groups excluding carboxylic acids is 2. The highest BCUT2D eigenvalue weighted by Gasteiger charge is 2.16. The van der Waals surface area contributed by atoms with Crippen molar-refractivity contribution in [2.24, 2.45) is 0 Å². The van der Waals surface area contributed by atoms with Gasteiger partial charge in [-0.15, -0.1) is 0 Å². The number of aromatic nitrogens is 2. The van der Waals surface area contributed by atoms with E-state index in [-0.39, 0.29) is 12.5 Å². The van der Waals surface area contributed by atoms with Gasteiger partial charge in [-0.3, -0.25) is 9.89 Å². The average Bonchev–Trinajstić information content (AvgIpc) is 3.08. The summed E-state index contributed by atoms with van der Waals surface area (Å²) in [4.78, 5) is 23.1. The van der Waals surface area contributed by atoms with Gasteiger partial charge in [-0.05, 0) is 31.2 Å². The van der Waals surface area contributed by atoms with E-state index in [1.165, 1.54) is 7.11 Å². The summed E-state index contributed by atoms with van der Waals surface area (Å²) in [5, 5.41) is 12.1. The fraction of sp³-hybridized carbons (Fsp3) is 0.312. The molecule has 2 aromatic rings. The normalized spacial score (nSPS) is 11.5. The van der Waals surface area contributed by atoms with Gasteiger partial charge in [-0.2, -0.15) is 5.10 Å². The molecule has 0 unspecified atom stereocenters. The number of ether oxygens (including phenoxy) is 2. The van der Waals surface area contributed by atoms with Gasteiger partial charge in [0.1, 0.15) is 11.8 Å². The van der Waals surface area contributed by atoms with Gasteiger partial charge in [0.25, 0.3) is 0 Å². The molecular weight excluding hydrogens is 312 g/mol. The van der Waals surface area contributed by atoms with Crippen molar-refractivity contribution in [1.82, 2.24) is 20.8 Å². The first-order valence-electron chi connectivity index (χ1n) is 7.34. The number of carbonyl (C=O) groups is 2. The monoisotopic (exact) mass is 332 g/mol. The van der Waals surface area contributed by atoms with Crippen molar-refractivity contribution < 1.29 is 19.1 Å². The average molecular weight is 332 g/mol. The second-order valence-electron chi connectivity index (χ2n) is 5.07. The zero-order valence-electron chi connectivity index (χ0n) is 13.8. The van der Waals surface area contributed by atoms with Crippen LogP contribution in [0.2, 0.25) is 0 Å². The Balaban J connectivity index is 2.00. The number of rotatable bonds is 6. The number of methoxy groups -OCH3 is 2. The third-order valence-corrected chi connectivity index (χ3v) is 3.46. The standard InChI is InChI=1S/C16H20N4O4/c1-10(19-16(22)24-3)15(21)17-8-12-9-18-20-14(12)11-4-6-13(23-2)7-5-11/h4-7,9-10H,8H2,1-3H3,(H,17,21)(H,18,20)(H,19,22)/t10-/m0/s1.